The molecule has 2 bridgehead atoms. The lowest BCUT2D eigenvalue weighted by molar-refractivity contribution is -0.131. The lowest BCUT2D eigenvalue weighted by Gasteiger charge is -2.52. The number of likely N-dealkylation sites (tertiary alicyclic amines) is 1. The number of guanidine groups is 1. The number of nitrogens with two attached hydrogens (primary N) is 2. The van der Waals surface area contributed by atoms with Crippen molar-refractivity contribution < 1.29 is 47.7 Å². The molecule has 2 aliphatic carbocycles. The van der Waals surface area contributed by atoms with Gasteiger partial charge in [-0.25, -0.2) is 9.59 Å². The topological polar surface area (TPSA) is 238 Å². The molecule has 1 aromatic carbocycles. The molecule has 58 heavy (non-hydrogen) atoms. The summed E-state index contributed by atoms with van der Waals surface area (Å²) in [6.45, 7) is 4.05. The molecule has 1 spiro atoms. The van der Waals surface area contributed by atoms with Gasteiger partial charge in [-0.05, 0) is 76.4 Å². The SMILES string of the molecule is CCOC(=O)N1CCN(C(=O)OC2=CC=C3[C@H]4Cc5ccc(OC)c6c5[C@@]3(CCN4C)C2O6)C(CNC(=O)[C@H](CCCN=C(N)N)CC(=O)CNC(=O)CC(C)=O)C1. The van der Waals surface area contributed by atoms with Crippen molar-refractivity contribution in [1.82, 2.24) is 25.3 Å². The number of rotatable bonds is 16. The highest BCUT2D eigenvalue weighted by atomic mass is 16.6. The van der Waals surface area contributed by atoms with E-state index in [9.17, 15) is 28.8 Å². The Hall–Kier alpha value is -5.65. The fourth-order valence-electron chi connectivity index (χ4n) is 8.89. The van der Waals surface area contributed by atoms with Gasteiger partial charge < -0.3 is 45.9 Å². The van der Waals surface area contributed by atoms with Gasteiger partial charge in [0.05, 0.1) is 38.1 Å². The van der Waals surface area contributed by atoms with Crippen molar-refractivity contribution in [2.24, 2.45) is 22.4 Å². The number of piperazine rings is 1. The normalized spacial score (nSPS) is 23.2. The maximum absolute atomic E-state index is 14.3. The third-order valence-corrected chi connectivity index (χ3v) is 11.6. The predicted octanol–water partition coefficient (Wildman–Crippen LogP) is 0.898. The summed E-state index contributed by atoms with van der Waals surface area (Å²) in [5.41, 5.74) is 13.9. The largest absolute Gasteiger partial charge is 0.493 e. The second-order valence-corrected chi connectivity index (χ2v) is 15.4. The highest BCUT2D eigenvalue weighted by molar-refractivity contribution is 5.98. The van der Waals surface area contributed by atoms with Crippen molar-refractivity contribution in [3.05, 3.63) is 46.7 Å². The zero-order valence-corrected chi connectivity index (χ0v) is 33.5. The number of carbonyl (C=O) groups is 6. The molecule has 0 aromatic heterocycles. The van der Waals surface area contributed by atoms with Crippen molar-refractivity contribution in [3.8, 4) is 11.5 Å². The fraction of sp³-hybridized carbons (Fsp3) is 0.575. The quantitative estimate of drug-likeness (QED) is 0.0788. The lowest BCUT2D eigenvalue weighted by atomic mass is 9.57. The summed E-state index contributed by atoms with van der Waals surface area (Å²) in [6, 6.07) is 3.45. The maximum atomic E-state index is 14.3. The van der Waals surface area contributed by atoms with Crippen molar-refractivity contribution in [1.29, 1.82) is 0 Å². The molecule has 6 N–H and O–H groups in total. The standard InChI is InChI=1S/C40H54N8O10/c1-5-56-38(53)47-15-16-48(26(22-47)20-45-36(52)25(7-6-13-43-37(41)42)18-27(50)21-44-32(51)17-23(2)49)39(54)57-31-11-9-28-29-19-24-8-10-30(55-4)34-33(24)40(28,35(31)58-34)12-14-46(29)3/h8-11,25-26,29,35H,5-7,12-22H2,1-4H3,(H,44,51)(H,45,52)(H4,41,42,43)/t25-,26?,29-,35?,40+/m1/s1. The highest BCUT2D eigenvalue weighted by Crippen LogP contribution is 2.62. The average molecular weight is 807 g/mol. The van der Waals surface area contributed by atoms with Crippen LogP contribution >= 0.6 is 0 Å². The number of benzene rings is 1. The number of nitrogens with zero attached hydrogens (tertiary/aromatic N) is 4. The van der Waals surface area contributed by atoms with Crippen LogP contribution in [0, 0.1) is 5.92 Å². The fourth-order valence-corrected chi connectivity index (χ4v) is 8.89. The molecule has 0 saturated carbocycles. The van der Waals surface area contributed by atoms with Crippen LogP contribution in [0.4, 0.5) is 9.59 Å². The molecule has 18 nitrogen and oxygen atoms in total. The first kappa shape index (κ1) is 42.0. The number of amides is 4. The average Bonchev–Trinajstić information content (AvgIpc) is 3.54. The number of hydrogen-bond acceptors (Lipinski definition) is 12. The van der Waals surface area contributed by atoms with E-state index < -0.39 is 53.3 Å². The Balaban J connectivity index is 1.19. The highest BCUT2D eigenvalue weighted by Gasteiger charge is 2.62. The molecule has 5 aliphatic rings. The second kappa shape index (κ2) is 17.9. The van der Waals surface area contributed by atoms with Gasteiger partial charge in [0, 0.05) is 56.7 Å². The van der Waals surface area contributed by atoms with Gasteiger partial charge in [-0.15, -0.1) is 0 Å². The molecular weight excluding hydrogens is 752 g/mol. The molecule has 5 atom stereocenters. The van der Waals surface area contributed by atoms with E-state index in [1.807, 2.05) is 12.1 Å². The summed E-state index contributed by atoms with van der Waals surface area (Å²) < 4.78 is 24.0. The zero-order chi connectivity index (χ0) is 41.7. The van der Waals surface area contributed by atoms with Crippen LogP contribution in [0.3, 0.4) is 0 Å². The van der Waals surface area contributed by atoms with Crippen LogP contribution in [0.1, 0.15) is 57.1 Å². The van der Waals surface area contributed by atoms with Crippen LogP contribution in [-0.4, -0.2) is 141 Å². The molecule has 4 amide bonds. The number of aliphatic imine (C=N–C) groups is 1. The first-order valence-electron chi connectivity index (χ1n) is 19.8. The smallest absolute Gasteiger partial charge is 0.415 e. The third-order valence-electron chi connectivity index (χ3n) is 11.6. The molecule has 6 rings (SSSR count). The number of piperidine rings is 1. The summed E-state index contributed by atoms with van der Waals surface area (Å²) in [5.74, 6) is -1.13. The Morgan fingerprint density at radius 1 is 1.07 bits per heavy atom. The van der Waals surface area contributed by atoms with E-state index in [0.717, 1.165) is 24.9 Å². The molecule has 1 aromatic rings. The summed E-state index contributed by atoms with van der Waals surface area (Å²) in [6.07, 6.45) is 3.67. The maximum Gasteiger partial charge on any atom is 0.415 e. The molecular formula is C40H54N8O10. The number of allylic oxidation sites excluding steroid dienone is 2. The van der Waals surface area contributed by atoms with Crippen LogP contribution in [0.2, 0.25) is 0 Å². The van der Waals surface area contributed by atoms with Gasteiger partial charge in [0.15, 0.2) is 35.1 Å². The molecule has 2 saturated heterocycles. The Morgan fingerprint density at radius 2 is 1.86 bits per heavy atom. The minimum atomic E-state index is -0.832. The van der Waals surface area contributed by atoms with E-state index in [4.69, 9.17) is 30.4 Å². The van der Waals surface area contributed by atoms with E-state index in [0.29, 0.717) is 23.7 Å². The number of carbonyl (C=O) groups excluding carboxylic acids is 6. The summed E-state index contributed by atoms with van der Waals surface area (Å²) in [4.78, 5) is 86.3. The summed E-state index contributed by atoms with van der Waals surface area (Å²) >= 11 is 0. The molecule has 2 fully saturated rings. The summed E-state index contributed by atoms with van der Waals surface area (Å²) in [5, 5.41) is 5.31. The number of ether oxygens (including phenoxy) is 4. The van der Waals surface area contributed by atoms with Crippen molar-refractivity contribution in [2.45, 2.75) is 76.0 Å². The number of nitrogens with one attached hydrogen (secondary N) is 2. The monoisotopic (exact) mass is 806 g/mol. The number of likely N-dealkylation sites (N-methyl/N-ethyl adjacent to an activating group) is 1. The third kappa shape index (κ3) is 8.61. The Labute approximate surface area is 337 Å². The van der Waals surface area contributed by atoms with Crippen LogP contribution in [0.5, 0.6) is 11.5 Å². The molecule has 314 valence electrons. The predicted molar refractivity (Wildman–Crippen MR) is 210 cm³/mol. The van der Waals surface area contributed by atoms with Gasteiger partial charge in [0.25, 0.3) is 0 Å². The van der Waals surface area contributed by atoms with Gasteiger partial charge in [0.1, 0.15) is 5.78 Å². The number of methoxy groups -OCH3 is 1. The first-order valence-corrected chi connectivity index (χ1v) is 19.8. The lowest BCUT2D eigenvalue weighted by Crippen LogP contribution is -2.61. The number of Topliss-reactive ketones (excluding diaryl/α,β-unsaturated/α-hetero) is 2. The van der Waals surface area contributed by atoms with E-state index in [-0.39, 0.29) is 82.9 Å². The Morgan fingerprint density at radius 3 is 2.59 bits per heavy atom. The molecule has 0 radical (unpaired) electrons. The summed E-state index contributed by atoms with van der Waals surface area (Å²) in [7, 11) is 3.73. The van der Waals surface area contributed by atoms with Crippen LogP contribution < -0.4 is 31.6 Å². The zero-order valence-electron chi connectivity index (χ0n) is 33.5. The molecule has 2 unspecified atom stereocenters. The minimum Gasteiger partial charge on any atom is -0.493 e. The van der Waals surface area contributed by atoms with Gasteiger partial charge in [-0.3, -0.25) is 34.0 Å². The van der Waals surface area contributed by atoms with E-state index in [1.54, 1.807) is 14.0 Å². The minimum absolute atomic E-state index is 0.0391. The van der Waals surface area contributed by atoms with Crippen molar-refractivity contribution in [2.75, 3.05) is 66.6 Å². The Bertz CT molecular complexity index is 1910. The second-order valence-electron chi connectivity index (χ2n) is 15.4. The van der Waals surface area contributed by atoms with Crippen molar-refractivity contribution >= 4 is 41.5 Å². The number of ketones is 2. The molecule has 3 aliphatic heterocycles. The Kier molecular flexibility index (Phi) is 12.9. The van der Waals surface area contributed by atoms with Gasteiger partial charge in [0.2, 0.25) is 11.8 Å². The van der Waals surface area contributed by atoms with E-state index in [1.165, 1.54) is 27.9 Å². The van der Waals surface area contributed by atoms with Gasteiger partial charge in [-0.2, -0.15) is 0 Å². The van der Waals surface area contributed by atoms with E-state index >= 15 is 0 Å². The van der Waals surface area contributed by atoms with Crippen LogP contribution in [0.25, 0.3) is 0 Å². The van der Waals surface area contributed by atoms with Gasteiger partial charge in [-0.1, -0.05) is 12.1 Å². The first-order chi connectivity index (χ1) is 27.8. The molecule has 18 heteroatoms. The van der Waals surface area contributed by atoms with E-state index in [2.05, 4.69) is 39.7 Å². The number of hydrogen-bond donors (Lipinski definition) is 4. The van der Waals surface area contributed by atoms with Crippen LogP contribution in [0.15, 0.2) is 40.6 Å². The van der Waals surface area contributed by atoms with Crippen LogP contribution in [-0.2, 0) is 40.5 Å². The van der Waals surface area contributed by atoms with Crippen molar-refractivity contribution in [3.63, 3.8) is 0 Å². The molecule has 3 heterocycles. The van der Waals surface area contributed by atoms with Gasteiger partial charge >= 0.3 is 12.2 Å².